The molecule has 0 radical (unpaired) electrons. The van der Waals surface area contributed by atoms with Gasteiger partial charge >= 0.3 is 6.03 Å². The fourth-order valence-corrected chi connectivity index (χ4v) is 4.34. The smallest absolute Gasteiger partial charge is 0.318 e. The predicted octanol–water partition coefficient (Wildman–Crippen LogP) is 4.94. The summed E-state index contributed by atoms with van der Waals surface area (Å²) in [6, 6.07) is 19.8. The molecule has 172 valence electrons. The summed E-state index contributed by atoms with van der Waals surface area (Å²) in [7, 11) is 0. The van der Waals surface area contributed by atoms with Crippen molar-refractivity contribution in [2.45, 2.75) is 57.9 Å². The van der Waals surface area contributed by atoms with Gasteiger partial charge in [-0.3, -0.25) is 4.79 Å². The molecule has 1 aliphatic heterocycles. The van der Waals surface area contributed by atoms with Crippen LogP contribution in [0.25, 0.3) is 0 Å². The van der Waals surface area contributed by atoms with Crippen LogP contribution in [0, 0.1) is 5.92 Å². The van der Waals surface area contributed by atoms with Gasteiger partial charge in [0.05, 0.1) is 0 Å². The van der Waals surface area contributed by atoms with Gasteiger partial charge < -0.3 is 15.5 Å². The van der Waals surface area contributed by atoms with E-state index >= 15 is 0 Å². The van der Waals surface area contributed by atoms with Gasteiger partial charge in [-0.1, -0.05) is 87.4 Å². The maximum Gasteiger partial charge on any atom is 0.318 e. The number of carbonyl (C=O) groups is 2. The minimum atomic E-state index is -0.530. The lowest BCUT2D eigenvalue weighted by Gasteiger charge is -2.27. The van der Waals surface area contributed by atoms with Crippen molar-refractivity contribution in [2.75, 3.05) is 19.6 Å². The van der Waals surface area contributed by atoms with E-state index in [1.807, 2.05) is 41.3 Å². The summed E-state index contributed by atoms with van der Waals surface area (Å²) < 4.78 is 0. The molecular formula is C27H37N3O2. The summed E-state index contributed by atoms with van der Waals surface area (Å²) in [6.07, 6.45) is 5.02. The number of benzene rings is 2. The molecular weight excluding hydrogens is 398 g/mol. The second-order valence-corrected chi connectivity index (χ2v) is 9.15. The number of nitrogens with zero attached hydrogens (tertiary/aromatic N) is 1. The number of hydrogen-bond acceptors (Lipinski definition) is 2. The van der Waals surface area contributed by atoms with Crippen LogP contribution < -0.4 is 10.6 Å². The van der Waals surface area contributed by atoms with Crippen molar-refractivity contribution >= 4 is 11.9 Å². The average Bonchev–Trinajstić information content (AvgIpc) is 3.09. The summed E-state index contributed by atoms with van der Waals surface area (Å²) in [6.45, 7) is 6.18. The summed E-state index contributed by atoms with van der Waals surface area (Å²) in [5.74, 6) is 0.246. The van der Waals surface area contributed by atoms with Gasteiger partial charge in [-0.2, -0.15) is 0 Å². The van der Waals surface area contributed by atoms with E-state index in [4.69, 9.17) is 0 Å². The quantitative estimate of drug-likeness (QED) is 0.617. The molecule has 2 aromatic rings. The largest absolute Gasteiger partial charge is 0.353 e. The maximum atomic E-state index is 13.2. The molecule has 0 aromatic heterocycles. The molecule has 2 aromatic carbocycles. The Balaban J connectivity index is 1.68. The van der Waals surface area contributed by atoms with Crippen LogP contribution >= 0.6 is 0 Å². The van der Waals surface area contributed by atoms with Crippen LogP contribution in [0.2, 0.25) is 0 Å². The van der Waals surface area contributed by atoms with Crippen LogP contribution in [0.5, 0.6) is 0 Å². The molecule has 0 spiro atoms. The van der Waals surface area contributed by atoms with E-state index in [2.05, 4.69) is 48.7 Å². The van der Waals surface area contributed by atoms with Crippen molar-refractivity contribution in [3.63, 3.8) is 0 Å². The van der Waals surface area contributed by atoms with E-state index < -0.39 is 6.04 Å². The zero-order valence-corrected chi connectivity index (χ0v) is 19.4. The molecule has 0 saturated carbocycles. The van der Waals surface area contributed by atoms with Gasteiger partial charge in [-0.25, -0.2) is 4.79 Å². The van der Waals surface area contributed by atoms with E-state index in [0.717, 1.165) is 37.1 Å². The van der Waals surface area contributed by atoms with E-state index in [1.54, 1.807) is 0 Å². The van der Waals surface area contributed by atoms with Gasteiger partial charge in [0.1, 0.15) is 6.04 Å². The van der Waals surface area contributed by atoms with Crippen LogP contribution in [0.3, 0.4) is 0 Å². The monoisotopic (exact) mass is 435 g/mol. The molecule has 0 aliphatic carbocycles. The molecule has 1 atom stereocenters. The van der Waals surface area contributed by atoms with Crippen LogP contribution in [0.15, 0.2) is 60.7 Å². The fraction of sp³-hybridized carbons (Fsp3) is 0.481. The highest BCUT2D eigenvalue weighted by Crippen LogP contribution is 2.23. The SMILES string of the molecule is CC(C)CC(NC(=O)N1CCCCCC1)C(=O)NCC(c1ccccc1)c1ccccc1. The van der Waals surface area contributed by atoms with Crippen molar-refractivity contribution in [1.29, 1.82) is 0 Å². The fourth-order valence-electron chi connectivity index (χ4n) is 4.34. The third kappa shape index (κ3) is 7.11. The molecule has 1 saturated heterocycles. The number of amides is 3. The van der Waals surface area contributed by atoms with Crippen molar-refractivity contribution in [2.24, 2.45) is 5.92 Å². The van der Waals surface area contributed by atoms with E-state index in [9.17, 15) is 9.59 Å². The van der Waals surface area contributed by atoms with Gasteiger partial charge in [0, 0.05) is 25.6 Å². The number of hydrogen-bond donors (Lipinski definition) is 2. The first-order valence-corrected chi connectivity index (χ1v) is 12.0. The Labute approximate surface area is 192 Å². The minimum Gasteiger partial charge on any atom is -0.353 e. The molecule has 1 unspecified atom stereocenters. The Morgan fingerprint density at radius 3 is 1.88 bits per heavy atom. The highest BCUT2D eigenvalue weighted by atomic mass is 16.2. The van der Waals surface area contributed by atoms with E-state index in [1.165, 1.54) is 12.8 Å². The van der Waals surface area contributed by atoms with Gasteiger partial charge in [-0.05, 0) is 36.3 Å². The Hall–Kier alpha value is -2.82. The molecule has 1 fully saturated rings. The Bertz CT molecular complexity index is 791. The van der Waals surface area contributed by atoms with Gasteiger partial charge in [0.25, 0.3) is 0 Å². The minimum absolute atomic E-state index is 0.0577. The highest BCUT2D eigenvalue weighted by molar-refractivity contribution is 5.87. The molecule has 1 aliphatic rings. The lowest BCUT2D eigenvalue weighted by Crippen LogP contribution is -2.52. The average molecular weight is 436 g/mol. The highest BCUT2D eigenvalue weighted by Gasteiger charge is 2.26. The number of rotatable bonds is 8. The first-order valence-electron chi connectivity index (χ1n) is 12.0. The van der Waals surface area contributed by atoms with Gasteiger partial charge in [-0.15, -0.1) is 0 Å². The topological polar surface area (TPSA) is 61.4 Å². The summed E-state index contributed by atoms with van der Waals surface area (Å²) in [5, 5.41) is 6.16. The van der Waals surface area contributed by atoms with Crippen LogP contribution in [-0.2, 0) is 4.79 Å². The second kappa shape index (κ2) is 12.3. The molecule has 1 heterocycles. The lowest BCUT2D eigenvalue weighted by atomic mass is 9.91. The van der Waals surface area contributed by atoms with Crippen LogP contribution in [-0.4, -0.2) is 42.5 Å². The Kier molecular flexibility index (Phi) is 9.14. The van der Waals surface area contributed by atoms with Crippen molar-refractivity contribution in [3.05, 3.63) is 71.8 Å². The van der Waals surface area contributed by atoms with E-state index in [0.29, 0.717) is 18.9 Å². The molecule has 0 bridgehead atoms. The number of likely N-dealkylation sites (tertiary alicyclic amines) is 1. The zero-order chi connectivity index (χ0) is 22.8. The molecule has 2 N–H and O–H groups in total. The number of nitrogens with one attached hydrogen (secondary N) is 2. The maximum absolute atomic E-state index is 13.2. The lowest BCUT2D eigenvalue weighted by molar-refractivity contribution is -0.123. The molecule has 3 rings (SSSR count). The van der Waals surface area contributed by atoms with Crippen molar-refractivity contribution in [1.82, 2.24) is 15.5 Å². The number of urea groups is 1. The summed E-state index contributed by atoms with van der Waals surface area (Å²) >= 11 is 0. The third-order valence-corrected chi connectivity index (χ3v) is 6.10. The summed E-state index contributed by atoms with van der Waals surface area (Å²) in [5.41, 5.74) is 2.32. The number of carbonyl (C=O) groups excluding carboxylic acids is 2. The normalized spacial score (nSPS) is 15.3. The molecule has 3 amide bonds. The molecule has 32 heavy (non-hydrogen) atoms. The first kappa shape index (κ1) is 23.8. The summed E-state index contributed by atoms with van der Waals surface area (Å²) in [4.78, 5) is 27.9. The first-order chi connectivity index (χ1) is 15.5. The Morgan fingerprint density at radius 1 is 0.844 bits per heavy atom. The molecule has 5 nitrogen and oxygen atoms in total. The second-order valence-electron chi connectivity index (χ2n) is 9.15. The Morgan fingerprint density at radius 2 is 1.38 bits per heavy atom. The van der Waals surface area contributed by atoms with Crippen LogP contribution in [0.4, 0.5) is 4.79 Å². The zero-order valence-electron chi connectivity index (χ0n) is 19.4. The predicted molar refractivity (Wildman–Crippen MR) is 130 cm³/mol. The van der Waals surface area contributed by atoms with Gasteiger partial charge in [0.15, 0.2) is 0 Å². The van der Waals surface area contributed by atoms with Crippen molar-refractivity contribution in [3.8, 4) is 0 Å². The third-order valence-electron chi connectivity index (χ3n) is 6.10. The van der Waals surface area contributed by atoms with Crippen LogP contribution in [0.1, 0.15) is 63.0 Å². The van der Waals surface area contributed by atoms with E-state index in [-0.39, 0.29) is 17.9 Å². The van der Waals surface area contributed by atoms with Gasteiger partial charge in [0.2, 0.25) is 5.91 Å². The molecule has 5 heteroatoms. The standard InChI is InChI=1S/C27H37N3O2/c1-21(2)19-25(29-27(32)30-17-11-3-4-12-18-30)26(31)28-20-24(22-13-7-5-8-14-22)23-15-9-6-10-16-23/h5-10,13-16,21,24-25H,3-4,11-12,17-20H2,1-2H3,(H,28,31)(H,29,32). The van der Waals surface area contributed by atoms with Crippen molar-refractivity contribution < 1.29 is 9.59 Å².